The van der Waals surface area contributed by atoms with E-state index in [0.717, 1.165) is 36.6 Å². The number of amides is 1. The SMILES string of the molecule is CCN(C(=O)C1CCSCC1)c1c(C)cccc1C. The third kappa shape index (κ3) is 3.14. The molecule has 2 rings (SSSR count). The lowest BCUT2D eigenvalue weighted by Gasteiger charge is -2.30. The van der Waals surface area contributed by atoms with Crippen LogP contribution in [0.3, 0.4) is 0 Å². The predicted octanol–water partition coefficient (Wildman–Crippen LogP) is 3.80. The van der Waals surface area contributed by atoms with Crippen molar-refractivity contribution in [3.63, 3.8) is 0 Å². The molecule has 0 radical (unpaired) electrons. The highest BCUT2D eigenvalue weighted by Gasteiger charge is 2.27. The molecule has 0 aliphatic carbocycles. The molecule has 1 aromatic carbocycles. The second-order valence-electron chi connectivity index (χ2n) is 5.21. The number of rotatable bonds is 3. The Morgan fingerprint density at radius 3 is 2.37 bits per heavy atom. The van der Waals surface area contributed by atoms with Gasteiger partial charge in [-0.3, -0.25) is 4.79 Å². The van der Waals surface area contributed by atoms with Crippen molar-refractivity contribution in [1.82, 2.24) is 0 Å². The van der Waals surface area contributed by atoms with Crippen molar-refractivity contribution in [3.05, 3.63) is 29.3 Å². The fourth-order valence-electron chi connectivity index (χ4n) is 2.82. The Hall–Kier alpha value is -0.960. The fourth-order valence-corrected chi connectivity index (χ4v) is 3.93. The molecule has 1 aliphatic heterocycles. The fraction of sp³-hybridized carbons (Fsp3) is 0.562. The third-order valence-corrected chi connectivity index (χ3v) is 4.91. The van der Waals surface area contributed by atoms with Crippen molar-refractivity contribution in [1.29, 1.82) is 0 Å². The van der Waals surface area contributed by atoms with Crippen LogP contribution >= 0.6 is 11.8 Å². The highest BCUT2D eigenvalue weighted by molar-refractivity contribution is 7.99. The molecule has 0 spiro atoms. The Morgan fingerprint density at radius 1 is 1.26 bits per heavy atom. The summed E-state index contributed by atoms with van der Waals surface area (Å²) in [6.45, 7) is 7.01. The van der Waals surface area contributed by atoms with Gasteiger partial charge in [-0.1, -0.05) is 18.2 Å². The maximum atomic E-state index is 12.8. The van der Waals surface area contributed by atoms with Crippen molar-refractivity contribution in [3.8, 4) is 0 Å². The molecule has 1 fully saturated rings. The normalized spacial score (nSPS) is 16.4. The molecule has 1 heterocycles. The Labute approximate surface area is 120 Å². The molecule has 19 heavy (non-hydrogen) atoms. The molecular weight excluding hydrogens is 254 g/mol. The maximum absolute atomic E-state index is 12.8. The van der Waals surface area contributed by atoms with Gasteiger partial charge in [-0.05, 0) is 56.2 Å². The van der Waals surface area contributed by atoms with Gasteiger partial charge in [0, 0.05) is 18.2 Å². The molecule has 1 aliphatic rings. The number of carbonyl (C=O) groups is 1. The summed E-state index contributed by atoms with van der Waals surface area (Å²) in [5.41, 5.74) is 3.51. The second-order valence-corrected chi connectivity index (χ2v) is 6.43. The highest BCUT2D eigenvalue weighted by Crippen LogP contribution is 2.30. The number of para-hydroxylation sites is 1. The average Bonchev–Trinajstić information content (AvgIpc) is 2.43. The van der Waals surface area contributed by atoms with Crippen LogP contribution in [0.4, 0.5) is 5.69 Å². The van der Waals surface area contributed by atoms with E-state index in [1.165, 1.54) is 11.1 Å². The molecule has 1 saturated heterocycles. The van der Waals surface area contributed by atoms with Gasteiger partial charge >= 0.3 is 0 Å². The summed E-state index contributed by atoms with van der Waals surface area (Å²) in [5, 5.41) is 0. The van der Waals surface area contributed by atoms with Crippen molar-refractivity contribution in [2.75, 3.05) is 23.0 Å². The van der Waals surface area contributed by atoms with E-state index in [9.17, 15) is 4.79 Å². The van der Waals surface area contributed by atoms with Gasteiger partial charge in [0.15, 0.2) is 0 Å². The molecule has 0 atom stereocenters. The highest BCUT2D eigenvalue weighted by atomic mass is 32.2. The van der Waals surface area contributed by atoms with Crippen LogP contribution in [0, 0.1) is 19.8 Å². The van der Waals surface area contributed by atoms with E-state index in [1.54, 1.807) is 0 Å². The number of anilines is 1. The average molecular weight is 277 g/mol. The smallest absolute Gasteiger partial charge is 0.230 e. The first kappa shape index (κ1) is 14.4. The second kappa shape index (κ2) is 6.47. The number of thioether (sulfide) groups is 1. The van der Waals surface area contributed by atoms with Gasteiger partial charge in [-0.25, -0.2) is 0 Å². The van der Waals surface area contributed by atoms with E-state index in [-0.39, 0.29) is 5.92 Å². The van der Waals surface area contributed by atoms with Crippen LogP contribution < -0.4 is 4.90 Å². The molecule has 104 valence electrons. The van der Waals surface area contributed by atoms with Gasteiger partial charge in [0.2, 0.25) is 5.91 Å². The lowest BCUT2D eigenvalue weighted by Crippen LogP contribution is -2.38. The number of carbonyl (C=O) groups excluding carboxylic acids is 1. The molecule has 0 aromatic heterocycles. The minimum absolute atomic E-state index is 0.222. The van der Waals surface area contributed by atoms with Crippen LogP contribution in [-0.2, 0) is 4.79 Å². The van der Waals surface area contributed by atoms with Crippen LogP contribution in [-0.4, -0.2) is 24.0 Å². The van der Waals surface area contributed by atoms with Crippen LogP contribution in [0.25, 0.3) is 0 Å². The summed E-state index contributed by atoms with van der Waals surface area (Å²) in [6, 6.07) is 6.24. The Balaban J connectivity index is 2.26. The van der Waals surface area contributed by atoms with Crippen LogP contribution in [0.1, 0.15) is 30.9 Å². The topological polar surface area (TPSA) is 20.3 Å². The minimum atomic E-state index is 0.222. The lowest BCUT2D eigenvalue weighted by atomic mass is 9.99. The molecule has 3 heteroatoms. The zero-order chi connectivity index (χ0) is 13.8. The Kier molecular flexibility index (Phi) is 4.92. The quantitative estimate of drug-likeness (QED) is 0.837. The number of aryl methyl sites for hydroxylation is 2. The minimum Gasteiger partial charge on any atom is -0.312 e. The number of benzene rings is 1. The van der Waals surface area contributed by atoms with E-state index in [1.807, 2.05) is 16.7 Å². The maximum Gasteiger partial charge on any atom is 0.230 e. The lowest BCUT2D eigenvalue weighted by molar-refractivity contribution is -0.122. The van der Waals surface area contributed by atoms with E-state index in [2.05, 4.69) is 39.0 Å². The zero-order valence-electron chi connectivity index (χ0n) is 12.1. The van der Waals surface area contributed by atoms with Crippen molar-refractivity contribution >= 4 is 23.4 Å². The van der Waals surface area contributed by atoms with Crippen LogP contribution in [0.5, 0.6) is 0 Å². The van der Waals surface area contributed by atoms with Gasteiger partial charge in [0.25, 0.3) is 0 Å². The van der Waals surface area contributed by atoms with Crippen molar-refractivity contribution in [2.24, 2.45) is 5.92 Å². The summed E-state index contributed by atoms with van der Waals surface area (Å²) in [5.74, 6) is 2.79. The molecule has 0 unspecified atom stereocenters. The number of hydrogen-bond donors (Lipinski definition) is 0. The van der Waals surface area contributed by atoms with Crippen molar-refractivity contribution in [2.45, 2.75) is 33.6 Å². The molecule has 1 aromatic rings. The number of hydrogen-bond acceptors (Lipinski definition) is 2. The first-order chi connectivity index (χ1) is 9.15. The largest absolute Gasteiger partial charge is 0.312 e. The first-order valence-electron chi connectivity index (χ1n) is 7.10. The summed E-state index contributed by atoms with van der Waals surface area (Å²) >= 11 is 1.97. The van der Waals surface area contributed by atoms with Gasteiger partial charge in [-0.2, -0.15) is 11.8 Å². The van der Waals surface area contributed by atoms with E-state index >= 15 is 0 Å². The third-order valence-electron chi connectivity index (χ3n) is 3.86. The summed E-state index contributed by atoms with van der Waals surface area (Å²) in [7, 11) is 0. The first-order valence-corrected chi connectivity index (χ1v) is 8.26. The molecule has 2 nitrogen and oxygen atoms in total. The monoisotopic (exact) mass is 277 g/mol. The summed E-state index contributed by atoms with van der Waals surface area (Å²) in [4.78, 5) is 14.7. The standard InChI is InChI=1S/C16H23NOS/c1-4-17(15-12(2)6-5-7-13(15)3)16(18)14-8-10-19-11-9-14/h5-7,14H,4,8-11H2,1-3H3. The van der Waals surface area contributed by atoms with Crippen LogP contribution in [0.2, 0.25) is 0 Å². The molecule has 0 N–H and O–H groups in total. The predicted molar refractivity (Wildman–Crippen MR) is 84.0 cm³/mol. The van der Waals surface area contributed by atoms with Crippen LogP contribution in [0.15, 0.2) is 18.2 Å². The Bertz CT molecular complexity index is 432. The molecule has 1 amide bonds. The van der Waals surface area contributed by atoms with E-state index in [0.29, 0.717) is 5.91 Å². The van der Waals surface area contributed by atoms with Crippen molar-refractivity contribution < 1.29 is 4.79 Å². The van der Waals surface area contributed by atoms with Gasteiger partial charge in [-0.15, -0.1) is 0 Å². The van der Waals surface area contributed by atoms with Gasteiger partial charge in [0.1, 0.15) is 0 Å². The zero-order valence-corrected chi connectivity index (χ0v) is 12.9. The molecule has 0 saturated carbocycles. The van der Waals surface area contributed by atoms with Gasteiger partial charge < -0.3 is 4.90 Å². The summed E-state index contributed by atoms with van der Waals surface area (Å²) in [6.07, 6.45) is 2.07. The van der Waals surface area contributed by atoms with Gasteiger partial charge in [0.05, 0.1) is 0 Å². The Morgan fingerprint density at radius 2 is 1.84 bits per heavy atom. The number of nitrogens with zero attached hydrogens (tertiary/aromatic N) is 1. The van der Waals surface area contributed by atoms with E-state index in [4.69, 9.17) is 0 Å². The summed E-state index contributed by atoms with van der Waals surface area (Å²) < 4.78 is 0. The molecule has 0 bridgehead atoms. The van der Waals surface area contributed by atoms with E-state index < -0.39 is 0 Å². The molecular formula is C16H23NOS.